The van der Waals surface area contributed by atoms with Crippen LogP contribution in [0.2, 0.25) is 0 Å². The van der Waals surface area contributed by atoms with E-state index in [0.29, 0.717) is 12.3 Å². The second-order valence-electron chi connectivity index (χ2n) is 2.97. The highest BCUT2D eigenvalue weighted by Gasteiger charge is 2.23. The van der Waals surface area contributed by atoms with Gasteiger partial charge in [-0.2, -0.15) is 0 Å². The highest BCUT2D eigenvalue weighted by Crippen LogP contribution is 2.01. The van der Waals surface area contributed by atoms with E-state index in [1.165, 1.54) is 0 Å². The van der Waals surface area contributed by atoms with E-state index < -0.39 is 0 Å². The van der Waals surface area contributed by atoms with Crippen LogP contribution in [0, 0.1) is 0 Å². The zero-order chi connectivity index (χ0) is 9.68. The molecule has 1 atom stereocenters. The summed E-state index contributed by atoms with van der Waals surface area (Å²) >= 11 is 0. The maximum atomic E-state index is 8.66. The molecule has 0 aromatic rings. The van der Waals surface area contributed by atoms with Crippen LogP contribution in [0.4, 0.5) is 0 Å². The van der Waals surface area contributed by atoms with Crippen LogP contribution < -0.4 is 5.32 Å². The van der Waals surface area contributed by atoms with Crippen LogP contribution in [0.1, 0.15) is 0 Å². The van der Waals surface area contributed by atoms with Crippen molar-refractivity contribution >= 4 is 11.9 Å². The highest BCUT2D eigenvalue weighted by molar-refractivity contribution is 6.32. The molecule has 1 aliphatic rings. The van der Waals surface area contributed by atoms with E-state index in [1.807, 2.05) is 11.9 Å². The zero-order valence-electron chi connectivity index (χ0n) is 7.51. The smallest absolute Gasteiger partial charge is 0.119 e. The Morgan fingerprint density at radius 1 is 1.62 bits per heavy atom. The molecule has 1 fully saturated rings. The Balaban J connectivity index is 2.66. The number of hydrogen-bond donors (Lipinski definition) is 3. The van der Waals surface area contributed by atoms with Crippen molar-refractivity contribution < 1.29 is 10.4 Å². The molecular weight excluding hydrogens is 172 g/mol. The second-order valence-corrected chi connectivity index (χ2v) is 2.97. The molecule has 0 radical (unpaired) electrons. The third-order valence-electron chi connectivity index (χ3n) is 2.16. The first-order chi connectivity index (χ1) is 6.29. The molecule has 1 unspecified atom stereocenters. The molecule has 1 saturated heterocycles. The third kappa shape index (κ3) is 2.40. The molecule has 0 aromatic carbocycles. The quantitative estimate of drug-likeness (QED) is 0.299. The fourth-order valence-electron chi connectivity index (χ4n) is 1.37. The van der Waals surface area contributed by atoms with Crippen LogP contribution >= 0.6 is 0 Å². The summed E-state index contributed by atoms with van der Waals surface area (Å²) in [5.41, 5.74) is 0.359. The lowest BCUT2D eigenvalue weighted by Crippen LogP contribution is -2.53. The summed E-state index contributed by atoms with van der Waals surface area (Å²) < 4.78 is 0. The van der Waals surface area contributed by atoms with Crippen LogP contribution in [0.5, 0.6) is 0 Å². The van der Waals surface area contributed by atoms with E-state index in [0.717, 1.165) is 19.3 Å². The van der Waals surface area contributed by atoms with Gasteiger partial charge in [-0.15, -0.1) is 0 Å². The van der Waals surface area contributed by atoms with Gasteiger partial charge < -0.3 is 15.7 Å². The fraction of sp³-hybridized carbons (Fsp3) is 0.714. The van der Waals surface area contributed by atoms with Crippen molar-refractivity contribution in [3.8, 4) is 0 Å². The summed E-state index contributed by atoms with van der Waals surface area (Å²) in [4.78, 5) is 2.03. The van der Waals surface area contributed by atoms with Gasteiger partial charge in [-0.3, -0.25) is 4.90 Å². The average molecular weight is 186 g/mol. The molecule has 13 heavy (non-hydrogen) atoms. The van der Waals surface area contributed by atoms with Crippen molar-refractivity contribution in [1.29, 1.82) is 0 Å². The van der Waals surface area contributed by atoms with Crippen LogP contribution in [-0.4, -0.2) is 60.0 Å². The minimum absolute atomic E-state index is 0.0327. The van der Waals surface area contributed by atoms with Crippen molar-refractivity contribution in [2.45, 2.75) is 6.04 Å². The van der Waals surface area contributed by atoms with Gasteiger partial charge in [0.1, 0.15) is 5.71 Å². The number of hydrogen-bond acceptors (Lipinski definition) is 6. The Hall–Kier alpha value is -1.14. The lowest BCUT2D eigenvalue weighted by Gasteiger charge is -2.31. The van der Waals surface area contributed by atoms with E-state index in [9.17, 15) is 0 Å². The second kappa shape index (κ2) is 4.78. The molecule has 0 aromatic heterocycles. The molecular formula is C7H14N4O2. The molecule has 0 amide bonds. The summed E-state index contributed by atoms with van der Waals surface area (Å²) in [7, 11) is 1.93. The number of nitrogens with one attached hydrogen (secondary N) is 1. The first-order valence-electron chi connectivity index (χ1n) is 4.10. The Bertz CT molecular complexity index is 217. The number of rotatable bonds is 2. The summed E-state index contributed by atoms with van der Waals surface area (Å²) in [6.45, 7) is 2.49. The van der Waals surface area contributed by atoms with E-state index in [1.54, 1.807) is 0 Å². The van der Waals surface area contributed by atoms with Crippen molar-refractivity contribution in [2.24, 2.45) is 10.3 Å². The molecule has 0 saturated carbocycles. The highest BCUT2D eigenvalue weighted by atomic mass is 16.4. The maximum absolute atomic E-state index is 8.66. The van der Waals surface area contributed by atoms with E-state index in [-0.39, 0.29) is 6.04 Å². The van der Waals surface area contributed by atoms with Crippen molar-refractivity contribution in [1.82, 2.24) is 10.2 Å². The van der Waals surface area contributed by atoms with Crippen LogP contribution in [0.3, 0.4) is 0 Å². The van der Waals surface area contributed by atoms with Gasteiger partial charge in [-0.1, -0.05) is 10.3 Å². The minimum atomic E-state index is -0.0327. The normalized spacial score (nSPS) is 26.8. The molecule has 1 rings (SSSR count). The Kier molecular flexibility index (Phi) is 3.66. The molecule has 6 nitrogen and oxygen atoms in total. The minimum Gasteiger partial charge on any atom is -0.411 e. The molecule has 0 spiro atoms. The predicted octanol–water partition coefficient (Wildman–Crippen LogP) is -0.820. The van der Waals surface area contributed by atoms with Crippen molar-refractivity contribution in [3.63, 3.8) is 0 Å². The van der Waals surface area contributed by atoms with Gasteiger partial charge in [0.2, 0.25) is 0 Å². The Labute approximate surface area is 76.5 Å². The molecule has 0 aliphatic carbocycles. The lowest BCUT2D eigenvalue weighted by molar-refractivity contribution is 0.242. The SMILES string of the molecule is CN1CCNCC1C(C=NO)=NO. The number of oxime groups is 2. The molecule has 0 bridgehead atoms. The van der Waals surface area contributed by atoms with Gasteiger partial charge >= 0.3 is 0 Å². The Morgan fingerprint density at radius 3 is 2.92 bits per heavy atom. The largest absolute Gasteiger partial charge is 0.411 e. The zero-order valence-corrected chi connectivity index (χ0v) is 7.51. The van der Waals surface area contributed by atoms with Gasteiger partial charge in [-0.25, -0.2) is 0 Å². The fourth-order valence-corrected chi connectivity index (χ4v) is 1.37. The lowest BCUT2D eigenvalue weighted by atomic mass is 10.1. The summed E-state index contributed by atoms with van der Waals surface area (Å²) in [5, 5.41) is 26.1. The van der Waals surface area contributed by atoms with Crippen LogP contribution in [0.25, 0.3) is 0 Å². The van der Waals surface area contributed by atoms with Gasteiger partial charge in [0.25, 0.3) is 0 Å². The first kappa shape index (κ1) is 9.94. The predicted molar refractivity (Wildman–Crippen MR) is 48.8 cm³/mol. The topological polar surface area (TPSA) is 80.5 Å². The maximum Gasteiger partial charge on any atom is 0.119 e. The summed E-state index contributed by atoms with van der Waals surface area (Å²) in [5.74, 6) is 0. The first-order valence-corrected chi connectivity index (χ1v) is 4.10. The van der Waals surface area contributed by atoms with E-state index in [2.05, 4.69) is 15.6 Å². The van der Waals surface area contributed by atoms with Crippen molar-refractivity contribution in [2.75, 3.05) is 26.7 Å². The molecule has 3 N–H and O–H groups in total. The Morgan fingerprint density at radius 2 is 2.38 bits per heavy atom. The van der Waals surface area contributed by atoms with Gasteiger partial charge in [0.05, 0.1) is 12.3 Å². The number of nitrogens with zero attached hydrogens (tertiary/aromatic N) is 3. The van der Waals surface area contributed by atoms with Gasteiger partial charge in [-0.05, 0) is 7.05 Å². The third-order valence-corrected chi connectivity index (χ3v) is 2.16. The monoisotopic (exact) mass is 186 g/mol. The van der Waals surface area contributed by atoms with E-state index >= 15 is 0 Å². The summed E-state index contributed by atoms with van der Waals surface area (Å²) in [6, 6.07) is -0.0327. The average Bonchev–Trinajstić information content (AvgIpc) is 2.16. The van der Waals surface area contributed by atoms with Crippen LogP contribution in [0.15, 0.2) is 10.3 Å². The summed E-state index contributed by atoms with van der Waals surface area (Å²) in [6.07, 6.45) is 1.15. The van der Waals surface area contributed by atoms with Crippen molar-refractivity contribution in [3.05, 3.63) is 0 Å². The molecule has 6 heteroatoms. The van der Waals surface area contributed by atoms with Crippen LogP contribution in [-0.2, 0) is 0 Å². The molecule has 74 valence electrons. The molecule has 1 aliphatic heterocycles. The number of likely N-dealkylation sites (N-methyl/N-ethyl adjacent to an activating group) is 1. The molecule has 1 heterocycles. The number of piperazine rings is 1. The van der Waals surface area contributed by atoms with Gasteiger partial charge in [0, 0.05) is 19.6 Å². The van der Waals surface area contributed by atoms with E-state index in [4.69, 9.17) is 10.4 Å². The standard InChI is InChI=1S/C7H14N4O2/c1-11-3-2-8-5-7(11)6(10-13)4-9-12/h4,7-8,12-13H,2-3,5H2,1H3. The van der Waals surface area contributed by atoms with Gasteiger partial charge in [0.15, 0.2) is 0 Å².